The average Bonchev–Trinajstić information content (AvgIpc) is 2.79. The first-order valence-corrected chi connectivity index (χ1v) is 11.6. The molecule has 2 amide bonds. The van der Waals surface area contributed by atoms with Gasteiger partial charge in [0.1, 0.15) is 5.82 Å². The van der Waals surface area contributed by atoms with E-state index in [1.807, 2.05) is 13.0 Å². The van der Waals surface area contributed by atoms with Crippen LogP contribution in [0.5, 0.6) is 0 Å². The lowest BCUT2D eigenvalue weighted by atomic mass is 9.86. The van der Waals surface area contributed by atoms with Crippen LogP contribution in [0.15, 0.2) is 41.4 Å². The Morgan fingerprint density at radius 2 is 2.17 bits per heavy atom. The van der Waals surface area contributed by atoms with Crippen molar-refractivity contribution in [3.63, 3.8) is 0 Å². The van der Waals surface area contributed by atoms with E-state index < -0.39 is 17.3 Å². The fourth-order valence-electron chi connectivity index (χ4n) is 4.63. The van der Waals surface area contributed by atoms with Crippen LogP contribution in [0.1, 0.15) is 54.6 Å². The molecule has 35 heavy (non-hydrogen) atoms. The number of ether oxygens (including phenoxy) is 1. The number of benzene rings is 2. The van der Waals surface area contributed by atoms with Gasteiger partial charge < -0.3 is 15.8 Å². The first-order valence-electron chi connectivity index (χ1n) is 11.2. The summed E-state index contributed by atoms with van der Waals surface area (Å²) in [6.45, 7) is 4.28. The third-order valence-electron chi connectivity index (χ3n) is 6.31. The molecule has 10 heteroatoms. The molecule has 0 spiro atoms. The minimum Gasteiger partial charge on any atom is -0.378 e. The van der Waals surface area contributed by atoms with E-state index in [1.54, 1.807) is 30.0 Å². The van der Waals surface area contributed by atoms with E-state index in [-0.39, 0.29) is 52.3 Å². The first kappa shape index (κ1) is 24.6. The zero-order valence-corrected chi connectivity index (χ0v) is 20.1. The van der Waals surface area contributed by atoms with Gasteiger partial charge in [-0.25, -0.2) is 9.38 Å². The number of halogens is 2. The van der Waals surface area contributed by atoms with Gasteiger partial charge in [0.2, 0.25) is 5.91 Å². The Bertz CT molecular complexity index is 1260. The number of guanidine groups is 1. The maximum Gasteiger partial charge on any atom is 0.255 e. The number of nitrogens with zero attached hydrogens (tertiary/aromatic N) is 3. The van der Waals surface area contributed by atoms with Crippen molar-refractivity contribution in [1.29, 1.82) is 5.26 Å². The molecule has 0 unspecified atom stereocenters. The van der Waals surface area contributed by atoms with Crippen molar-refractivity contribution in [2.45, 2.75) is 50.8 Å². The number of nitrogens with one attached hydrogen (secondary N) is 1. The SMILES string of the molecule is C[C@@H]1C[C@H](N2C(=O)C[C@@](C)(c3cccc(NC(=O)c4cc(F)cc(C#N)c4)c3Cl)N=C2N)CCO1. The lowest BCUT2D eigenvalue weighted by molar-refractivity contribution is -0.133. The highest BCUT2D eigenvalue weighted by molar-refractivity contribution is 6.35. The second-order valence-electron chi connectivity index (χ2n) is 9.01. The van der Waals surface area contributed by atoms with E-state index >= 15 is 0 Å². The van der Waals surface area contributed by atoms with Crippen LogP contribution in [-0.2, 0) is 15.1 Å². The number of hydrogen-bond donors (Lipinski definition) is 2. The summed E-state index contributed by atoms with van der Waals surface area (Å²) in [5, 5.41) is 11.9. The summed E-state index contributed by atoms with van der Waals surface area (Å²) in [5.74, 6) is -1.37. The van der Waals surface area contributed by atoms with Crippen LogP contribution >= 0.6 is 11.6 Å². The summed E-state index contributed by atoms with van der Waals surface area (Å²) >= 11 is 6.66. The third kappa shape index (κ3) is 4.99. The molecule has 3 atom stereocenters. The molecule has 0 aromatic heterocycles. The molecule has 2 aromatic rings. The number of nitrogens with two attached hydrogens (primary N) is 1. The molecule has 2 aromatic carbocycles. The molecule has 0 radical (unpaired) electrons. The number of carbonyl (C=O) groups is 2. The fourth-order valence-corrected chi connectivity index (χ4v) is 5.01. The van der Waals surface area contributed by atoms with Crippen LogP contribution in [0.3, 0.4) is 0 Å². The molecule has 1 saturated heterocycles. The highest BCUT2D eigenvalue weighted by Crippen LogP contribution is 2.41. The van der Waals surface area contributed by atoms with E-state index in [2.05, 4.69) is 10.3 Å². The van der Waals surface area contributed by atoms with Crippen molar-refractivity contribution in [2.75, 3.05) is 11.9 Å². The molecule has 182 valence electrons. The average molecular weight is 498 g/mol. The summed E-state index contributed by atoms with van der Waals surface area (Å²) in [5.41, 5.74) is 6.03. The Kier molecular flexibility index (Phi) is 6.79. The van der Waals surface area contributed by atoms with Crippen molar-refractivity contribution in [1.82, 2.24) is 4.90 Å². The van der Waals surface area contributed by atoms with Crippen LogP contribution in [0.2, 0.25) is 5.02 Å². The van der Waals surface area contributed by atoms with Crippen molar-refractivity contribution in [2.24, 2.45) is 10.7 Å². The number of rotatable bonds is 4. The van der Waals surface area contributed by atoms with E-state index in [9.17, 15) is 14.0 Å². The molecule has 0 saturated carbocycles. The van der Waals surface area contributed by atoms with Gasteiger partial charge in [-0.2, -0.15) is 5.26 Å². The van der Waals surface area contributed by atoms with Gasteiger partial charge in [-0.1, -0.05) is 23.7 Å². The van der Waals surface area contributed by atoms with E-state index in [4.69, 9.17) is 27.3 Å². The van der Waals surface area contributed by atoms with Crippen molar-refractivity contribution >= 4 is 35.1 Å². The lowest BCUT2D eigenvalue weighted by Crippen LogP contribution is -2.56. The molecule has 8 nitrogen and oxygen atoms in total. The number of nitriles is 1. The molecule has 1 fully saturated rings. The summed E-state index contributed by atoms with van der Waals surface area (Å²) in [4.78, 5) is 32.2. The number of carbonyl (C=O) groups excluding carboxylic acids is 2. The predicted molar refractivity (Wildman–Crippen MR) is 129 cm³/mol. The van der Waals surface area contributed by atoms with Gasteiger partial charge in [-0.3, -0.25) is 14.5 Å². The first-order chi connectivity index (χ1) is 16.6. The zero-order valence-electron chi connectivity index (χ0n) is 19.3. The molecule has 0 aliphatic carbocycles. The molecular formula is C25H25ClFN5O3. The maximum atomic E-state index is 13.8. The third-order valence-corrected chi connectivity index (χ3v) is 6.72. The highest BCUT2D eigenvalue weighted by Gasteiger charge is 2.42. The van der Waals surface area contributed by atoms with E-state index in [0.29, 0.717) is 25.0 Å². The van der Waals surface area contributed by atoms with Crippen molar-refractivity contribution in [3.05, 3.63) is 63.9 Å². The summed E-state index contributed by atoms with van der Waals surface area (Å²) in [6.07, 6.45) is 1.43. The van der Waals surface area contributed by atoms with Gasteiger partial charge in [0.05, 0.1) is 40.4 Å². The Morgan fingerprint density at radius 3 is 2.86 bits per heavy atom. The van der Waals surface area contributed by atoms with E-state index in [0.717, 1.165) is 12.1 Å². The molecule has 3 N–H and O–H groups in total. The van der Waals surface area contributed by atoms with Gasteiger partial charge in [-0.15, -0.1) is 0 Å². The van der Waals surface area contributed by atoms with Gasteiger partial charge in [0.15, 0.2) is 5.96 Å². The molecule has 4 rings (SSSR count). The predicted octanol–water partition coefficient (Wildman–Crippen LogP) is 3.93. The molecule has 2 aliphatic rings. The summed E-state index contributed by atoms with van der Waals surface area (Å²) in [6, 6.07) is 10.1. The Hall–Kier alpha value is -3.48. The van der Waals surface area contributed by atoms with Gasteiger partial charge >= 0.3 is 0 Å². The van der Waals surface area contributed by atoms with Crippen molar-refractivity contribution < 1.29 is 18.7 Å². The number of aliphatic imine (C=N–C) groups is 1. The van der Waals surface area contributed by atoms with Crippen LogP contribution in [-0.4, -0.2) is 41.4 Å². The van der Waals surface area contributed by atoms with Gasteiger partial charge in [0, 0.05) is 23.8 Å². The number of amides is 2. The lowest BCUT2D eigenvalue weighted by Gasteiger charge is -2.41. The monoisotopic (exact) mass is 497 g/mol. The molecule has 0 bridgehead atoms. The summed E-state index contributed by atoms with van der Waals surface area (Å²) in [7, 11) is 0. The van der Waals surface area contributed by atoms with Crippen LogP contribution in [0.4, 0.5) is 10.1 Å². The quantitative estimate of drug-likeness (QED) is 0.662. The Labute approximate surface area is 207 Å². The molecule has 2 heterocycles. The fraction of sp³-hybridized carbons (Fsp3) is 0.360. The minimum absolute atomic E-state index is 0.0225. The standard InChI is InChI=1S/C25H25ClFN5O3/c1-14-8-18(6-7-35-14)32-21(33)12-25(2,31-24(32)29)19-4-3-5-20(22(19)26)30-23(34)16-9-15(13-28)10-17(27)11-16/h3-5,9-11,14,18H,6-8,12H2,1-2H3,(H2,29,31)(H,30,34)/t14-,18-,25+/m1/s1. The highest BCUT2D eigenvalue weighted by atomic mass is 35.5. The van der Waals surface area contributed by atoms with E-state index in [1.165, 1.54) is 6.07 Å². The maximum absolute atomic E-state index is 13.8. The smallest absolute Gasteiger partial charge is 0.255 e. The minimum atomic E-state index is -1.04. The summed E-state index contributed by atoms with van der Waals surface area (Å²) < 4.78 is 19.4. The number of anilines is 1. The van der Waals surface area contributed by atoms with Crippen LogP contribution in [0.25, 0.3) is 0 Å². The number of hydrogen-bond acceptors (Lipinski definition) is 6. The van der Waals surface area contributed by atoms with Gasteiger partial charge in [-0.05, 0) is 51.0 Å². The van der Waals surface area contributed by atoms with Gasteiger partial charge in [0.25, 0.3) is 5.91 Å². The largest absolute Gasteiger partial charge is 0.378 e. The van der Waals surface area contributed by atoms with Crippen LogP contribution in [0, 0.1) is 17.1 Å². The Morgan fingerprint density at radius 1 is 1.40 bits per heavy atom. The van der Waals surface area contributed by atoms with Crippen LogP contribution < -0.4 is 11.1 Å². The Balaban J connectivity index is 1.62. The zero-order chi connectivity index (χ0) is 25.3. The normalized spacial score (nSPS) is 24.5. The topological polar surface area (TPSA) is 121 Å². The second kappa shape index (κ2) is 9.64. The molecule has 2 aliphatic heterocycles. The van der Waals surface area contributed by atoms with Crippen molar-refractivity contribution in [3.8, 4) is 6.07 Å². The molecular weight excluding hydrogens is 473 g/mol. The second-order valence-corrected chi connectivity index (χ2v) is 9.38.